The van der Waals surface area contributed by atoms with E-state index in [-0.39, 0.29) is 23.7 Å². The first-order chi connectivity index (χ1) is 8.70. The molecule has 0 fully saturated rings. The van der Waals surface area contributed by atoms with Crippen LogP contribution in [0.3, 0.4) is 0 Å². The van der Waals surface area contributed by atoms with E-state index in [0.29, 0.717) is 18.0 Å². The van der Waals surface area contributed by atoms with E-state index in [2.05, 4.69) is 15.3 Å². The normalized spacial score (nSPS) is 12.8. The maximum Gasteiger partial charge on any atom is 0.241 e. The molecule has 0 aliphatic rings. The zero-order valence-corrected chi connectivity index (χ0v) is 13.6. The molecule has 1 amide bonds. The Morgan fingerprint density at radius 3 is 2.20 bits per heavy atom. The van der Waals surface area contributed by atoms with Gasteiger partial charge in [0.25, 0.3) is 0 Å². The van der Waals surface area contributed by atoms with Gasteiger partial charge in [-0.3, -0.25) is 4.79 Å². The molecular weight excluding hydrogens is 276 g/mol. The van der Waals surface area contributed by atoms with Crippen LogP contribution < -0.4 is 11.1 Å². The number of carbonyl (C=O) groups excluding carboxylic acids is 1. The van der Waals surface area contributed by atoms with Gasteiger partial charge in [-0.25, -0.2) is 9.97 Å². The van der Waals surface area contributed by atoms with Crippen molar-refractivity contribution in [3.8, 4) is 0 Å². The van der Waals surface area contributed by atoms with Gasteiger partial charge in [0, 0.05) is 5.41 Å². The van der Waals surface area contributed by atoms with Crippen LogP contribution >= 0.6 is 12.4 Å². The minimum absolute atomic E-state index is 0. The Labute approximate surface area is 127 Å². The highest BCUT2D eigenvalue weighted by Crippen LogP contribution is 2.18. The second-order valence-electron chi connectivity index (χ2n) is 6.27. The zero-order chi connectivity index (χ0) is 14.6. The molecule has 0 radical (unpaired) electrons. The largest absolute Gasteiger partial charge is 0.322 e. The summed E-state index contributed by atoms with van der Waals surface area (Å²) in [6.07, 6.45) is 3.90. The van der Waals surface area contributed by atoms with E-state index in [1.165, 1.54) is 0 Å². The third-order valence-electron chi connectivity index (χ3n) is 2.65. The van der Waals surface area contributed by atoms with Crippen molar-refractivity contribution in [3.05, 3.63) is 18.2 Å². The molecule has 0 aliphatic heterocycles. The number of hydrogen-bond donors (Lipinski definition) is 2. The lowest BCUT2D eigenvalue weighted by Gasteiger charge is -2.17. The SMILES string of the molecule is CC(C)C[C@H](N)C(=O)Nc1cnc(C(C)(C)C)nc1.Cl. The van der Waals surface area contributed by atoms with Gasteiger partial charge in [0.1, 0.15) is 5.82 Å². The lowest BCUT2D eigenvalue weighted by Crippen LogP contribution is -2.36. The second-order valence-corrected chi connectivity index (χ2v) is 6.27. The van der Waals surface area contributed by atoms with Gasteiger partial charge in [0.05, 0.1) is 24.1 Å². The van der Waals surface area contributed by atoms with Crippen molar-refractivity contribution < 1.29 is 4.79 Å². The van der Waals surface area contributed by atoms with Crippen LogP contribution in [0.1, 0.15) is 46.9 Å². The molecule has 0 saturated heterocycles. The number of hydrogen-bond acceptors (Lipinski definition) is 4. The molecule has 0 unspecified atom stereocenters. The van der Waals surface area contributed by atoms with Gasteiger partial charge in [0.15, 0.2) is 0 Å². The van der Waals surface area contributed by atoms with Gasteiger partial charge in [0.2, 0.25) is 5.91 Å². The minimum atomic E-state index is -0.498. The van der Waals surface area contributed by atoms with E-state index in [0.717, 1.165) is 5.82 Å². The first kappa shape index (κ1) is 18.8. The summed E-state index contributed by atoms with van der Waals surface area (Å²) in [5.74, 6) is 0.943. The third-order valence-corrected chi connectivity index (χ3v) is 2.65. The number of nitrogens with zero attached hydrogens (tertiary/aromatic N) is 2. The summed E-state index contributed by atoms with van der Waals surface area (Å²) >= 11 is 0. The molecule has 5 nitrogen and oxygen atoms in total. The van der Waals surface area contributed by atoms with Crippen molar-refractivity contribution in [1.82, 2.24) is 9.97 Å². The Morgan fingerprint density at radius 2 is 1.80 bits per heavy atom. The van der Waals surface area contributed by atoms with Crippen LogP contribution in [0.5, 0.6) is 0 Å². The summed E-state index contributed by atoms with van der Waals surface area (Å²) in [4.78, 5) is 20.4. The van der Waals surface area contributed by atoms with E-state index in [1.807, 2.05) is 34.6 Å². The van der Waals surface area contributed by atoms with Crippen molar-refractivity contribution in [2.45, 2.75) is 52.5 Å². The highest BCUT2D eigenvalue weighted by molar-refractivity contribution is 5.94. The van der Waals surface area contributed by atoms with Crippen LogP contribution in [0.2, 0.25) is 0 Å². The van der Waals surface area contributed by atoms with Gasteiger partial charge in [-0.1, -0.05) is 34.6 Å². The molecule has 1 heterocycles. The predicted octanol–water partition coefficient (Wildman–Crippen LogP) is 2.51. The summed E-state index contributed by atoms with van der Waals surface area (Å²) in [6.45, 7) is 10.2. The fourth-order valence-electron chi connectivity index (χ4n) is 1.63. The highest BCUT2D eigenvalue weighted by Gasteiger charge is 2.18. The van der Waals surface area contributed by atoms with Crippen LogP contribution in [-0.2, 0) is 10.2 Å². The number of carbonyl (C=O) groups is 1. The standard InChI is InChI=1S/C14H24N4O.ClH/c1-9(2)6-11(15)12(19)18-10-7-16-13(17-8-10)14(3,4)5;/h7-9,11H,6,15H2,1-5H3,(H,18,19);1H/t11-;/m0./s1. The molecule has 0 bridgehead atoms. The molecule has 114 valence electrons. The first-order valence-corrected chi connectivity index (χ1v) is 6.59. The molecule has 0 saturated carbocycles. The van der Waals surface area contributed by atoms with E-state index in [4.69, 9.17) is 5.73 Å². The smallest absolute Gasteiger partial charge is 0.241 e. The Hall–Kier alpha value is -1.20. The number of rotatable bonds is 4. The van der Waals surface area contributed by atoms with Crippen molar-refractivity contribution in [2.24, 2.45) is 11.7 Å². The van der Waals surface area contributed by atoms with E-state index in [1.54, 1.807) is 12.4 Å². The van der Waals surface area contributed by atoms with Crippen molar-refractivity contribution in [1.29, 1.82) is 0 Å². The fraction of sp³-hybridized carbons (Fsp3) is 0.643. The van der Waals surface area contributed by atoms with Gasteiger partial charge in [-0.15, -0.1) is 12.4 Å². The molecule has 0 aromatic carbocycles. The van der Waals surface area contributed by atoms with Crippen molar-refractivity contribution >= 4 is 24.0 Å². The van der Waals surface area contributed by atoms with Crippen molar-refractivity contribution in [3.63, 3.8) is 0 Å². The number of anilines is 1. The minimum Gasteiger partial charge on any atom is -0.322 e. The maximum atomic E-state index is 11.8. The topological polar surface area (TPSA) is 80.9 Å². The fourth-order valence-corrected chi connectivity index (χ4v) is 1.63. The van der Waals surface area contributed by atoms with Crippen LogP contribution in [0.15, 0.2) is 12.4 Å². The van der Waals surface area contributed by atoms with Gasteiger partial charge < -0.3 is 11.1 Å². The summed E-state index contributed by atoms with van der Waals surface area (Å²) in [7, 11) is 0. The lowest BCUT2D eigenvalue weighted by molar-refractivity contribution is -0.117. The van der Waals surface area contributed by atoms with Crippen LogP contribution in [0.4, 0.5) is 5.69 Å². The summed E-state index contributed by atoms with van der Waals surface area (Å²) in [5, 5.41) is 2.74. The van der Waals surface area contributed by atoms with Crippen LogP contribution in [-0.4, -0.2) is 21.9 Å². The van der Waals surface area contributed by atoms with Crippen LogP contribution in [0.25, 0.3) is 0 Å². The maximum absolute atomic E-state index is 11.8. The first-order valence-electron chi connectivity index (χ1n) is 6.59. The number of amides is 1. The highest BCUT2D eigenvalue weighted by atomic mass is 35.5. The zero-order valence-electron chi connectivity index (χ0n) is 12.8. The molecule has 3 N–H and O–H groups in total. The second kappa shape index (κ2) is 7.55. The Balaban J connectivity index is 0.00000361. The number of nitrogens with two attached hydrogens (primary N) is 1. The van der Waals surface area contributed by atoms with Crippen LogP contribution in [0, 0.1) is 5.92 Å². The summed E-state index contributed by atoms with van der Waals surface area (Å²) < 4.78 is 0. The molecular formula is C14H25ClN4O. The molecule has 0 spiro atoms. The lowest BCUT2D eigenvalue weighted by atomic mass is 9.96. The van der Waals surface area contributed by atoms with E-state index < -0.39 is 6.04 Å². The number of nitrogens with one attached hydrogen (secondary N) is 1. The molecule has 6 heteroatoms. The predicted molar refractivity (Wildman–Crippen MR) is 84.0 cm³/mol. The Morgan fingerprint density at radius 1 is 1.30 bits per heavy atom. The average molecular weight is 301 g/mol. The number of halogens is 1. The van der Waals surface area contributed by atoms with E-state index >= 15 is 0 Å². The monoisotopic (exact) mass is 300 g/mol. The molecule has 1 atom stereocenters. The third kappa shape index (κ3) is 5.84. The summed E-state index contributed by atoms with van der Waals surface area (Å²) in [6, 6.07) is -0.498. The molecule has 1 rings (SSSR count). The molecule has 0 aliphatic carbocycles. The molecule has 1 aromatic heterocycles. The van der Waals surface area contributed by atoms with Gasteiger partial charge in [-0.05, 0) is 12.3 Å². The van der Waals surface area contributed by atoms with Crippen molar-refractivity contribution in [2.75, 3.05) is 5.32 Å². The van der Waals surface area contributed by atoms with Gasteiger partial charge >= 0.3 is 0 Å². The quantitative estimate of drug-likeness (QED) is 0.895. The van der Waals surface area contributed by atoms with E-state index in [9.17, 15) is 4.79 Å². The van der Waals surface area contributed by atoms with Gasteiger partial charge in [-0.2, -0.15) is 0 Å². The number of aromatic nitrogens is 2. The Bertz CT molecular complexity index is 426. The molecule has 1 aromatic rings. The Kier molecular flexibility index (Phi) is 7.09. The summed E-state index contributed by atoms with van der Waals surface area (Å²) in [5.41, 5.74) is 6.29. The average Bonchev–Trinajstić information content (AvgIpc) is 2.27. The molecule has 20 heavy (non-hydrogen) atoms.